The fourth-order valence-electron chi connectivity index (χ4n) is 1.69. The Kier molecular flexibility index (Phi) is 3.74. The zero-order valence-electron chi connectivity index (χ0n) is 10.0. The molecule has 2 aromatic rings. The van der Waals surface area contributed by atoms with Crippen molar-refractivity contribution >= 4 is 17.3 Å². The molecular formula is C13H14N2O2S. The quantitative estimate of drug-likeness (QED) is 0.885. The van der Waals surface area contributed by atoms with Crippen LogP contribution in [0.15, 0.2) is 24.3 Å². The van der Waals surface area contributed by atoms with E-state index in [4.69, 9.17) is 10.8 Å². The summed E-state index contributed by atoms with van der Waals surface area (Å²) in [5.74, 6) is -0.902. The Labute approximate surface area is 109 Å². The van der Waals surface area contributed by atoms with E-state index < -0.39 is 5.97 Å². The maximum Gasteiger partial charge on any atom is 0.335 e. The molecule has 0 atom stereocenters. The van der Waals surface area contributed by atoms with Crippen molar-refractivity contribution in [2.45, 2.75) is 19.9 Å². The normalized spacial score (nSPS) is 10.6. The summed E-state index contributed by atoms with van der Waals surface area (Å²) in [5, 5.41) is 9.76. The van der Waals surface area contributed by atoms with Gasteiger partial charge in [-0.2, -0.15) is 0 Å². The van der Waals surface area contributed by atoms with Gasteiger partial charge >= 0.3 is 5.97 Å². The van der Waals surface area contributed by atoms with Crippen LogP contribution in [0.25, 0.3) is 0 Å². The molecule has 0 unspecified atom stereocenters. The van der Waals surface area contributed by atoms with Gasteiger partial charge in [-0.05, 0) is 24.6 Å². The second-order valence-corrected chi connectivity index (χ2v) is 5.17. The molecule has 0 spiro atoms. The number of hydrogen-bond donors (Lipinski definition) is 2. The molecular weight excluding hydrogens is 248 g/mol. The van der Waals surface area contributed by atoms with Crippen LogP contribution in [0.5, 0.6) is 0 Å². The molecule has 1 aromatic carbocycles. The predicted molar refractivity (Wildman–Crippen MR) is 70.9 cm³/mol. The Morgan fingerprint density at radius 1 is 1.39 bits per heavy atom. The molecule has 1 heterocycles. The van der Waals surface area contributed by atoms with Crippen LogP contribution in [0.1, 0.15) is 31.5 Å². The third-order valence-corrected chi connectivity index (χ3v) is 3.86. The number of nitrogens with two attached hydrogens (primary N) is 1. The maximum absolute atomic E-state index is 10.7. The molecule has 0 bridgehead atoms. The van der Waals surface area contributed by atoms with Crippen LogP contribution in [0, 0.1) is 6.92 Å². The number of carboxylic acids is 1. The number of aryl methyl sites for hydroxylation is 1. The van der Waals surface area contributed by atoms with Crippen molar-refractivity contribution in [3.8, 4) is 0 Å². The minimum absolute atomic E-state index is 0.308. The number of carbonyl (C=O) groups is 1. The minimum atomic E-state index is -0.902. The smallest absolute Gasteiger partial charge is 0.335 e. The van der Waals surface area contributed by atoms with Crippen molar-refractivity contribution in [2.24, 2.45) is 5.73 Å². The molecule has 5 heteroatoms. The highest BCUT2D eigenvalue weighted by atomic mass is 32.1. The van der Waals surface area contributed by atoms with Crippen LogP contribution in [-0.2, 0) is 13.0 Å². The van der Waals surface area contributed by atoms with Crippen LogP contribution in [-0.4, -0.2) is 16.1 Å². The molecule has 0 amide bonds. The van der Waals surface area contributed by atoms with Crippen molar-refractivity contribution in [3.05, 3.63) is 51.0 Å². The van der Waals surface area contributed by atoms with Crippen molar-refractivity contribution in [1.29, 1.82) is 0 Å². The first kappa shape index (κ1) is 12.7. The SMILES string of the molecule is Cc1nc(CN)sc1Cc1ccc(C(=O)O)cc1. The van der Waals surface area contributed by atoms with Gasteiger partial charge in [0.1, 0.15) is 5.01 Å². The Morgan fingerprint density at radius 2 is 2.06 bits per heavy atom. The van der Waals surface area contributed by atoms with Gasteiger partial charge in [0.05, 0.1) is 11.3 Å². The van der Waals surface area contributed by atoms with Gasteiger partial charge in [-0.25, -0.2) is 9.78 Å². The van der Waals surface area contributed by atoms with E-state index in [-0.39, 0.29) is 0 Å². The van der Waals surface area contributed by atoms with Crippen LogP contribution in [0.4, 0.5) is 0 Å². The Hall–Kier alpha value is -1.72. The van der Waals surface area contributed by atoms with E-state index in [0.717, 1.165) is 22.7 Å². The first-order chi connectivity index (χ1) is 8.60. The van der Waals surface area contributed by atoms with Gasteiger partial charge < -0.3 is 10.8 Å². The summed E-state index contributed by atoms with van der Waals surface area (Å²) in [5.41, 5.74) is 7.95. The van der Waals surface area contributed by atoms with E-state index >= 15 is 0 Å². The number of benzene rings is 1. The molecule has 0 aliphatic carbocycles. The molecule has 94 valence electrons. The average Bonchev–Trinajstić information content (AvgIpc) is 2.71. The number of aromatic carboxylic acids is 1. The lowest BCUT2D eigenvalue weighted by Crippen LogP contribution is -1.96. The number of rotatable bonds is 4. The fourth-order valence-corrected chi connectivity index (χ4v) is 2.67. The standard InChI is InChI=1S/C13H14N2O2S/c1-8-11(18-12(7-14)15-8)6-9-2-4-10(5-3-9)13(16)17/h2-5H,6-7,14H2,1H3,(H,16,17). The monoisotopic (exact) mass is 262 g/mol. The van der Waals surface area contributed by atoms with Crippen molar-refractivity contribution < 1.29 is 9.90 Å². The minimum Gasteiger partial charge on any atom is -0.478 e. The first-order valence-electron chi connectivity index (χ1n) is 5.57. The number of aromatic nitrogens is 1. The summed E-state index contributed by atoms with van der Waals surface area (Å²) in [6, 6.07) is 6.92. The van der Waals surface area contributed by atoms with E-state index in [1.165, 1.54) is 4.88 Å². The van der Waals surface area contributed by atoms with E-state index in [0.29, 0.717) is 12.1 Å². The third-order valence-electron chi connectivity index (χ3n) is 2.68. The van der Waals surface area contributed by atoms with Crippen molar-refractivity contribution in [2.75, 3.05) is 0 Å². The molecule has 0 aliphatic rings. The van der Waals surface area contributed by atoms with Gasteiger partial charge in [0, 0.05) is 17.8 Å². The zero-order valence-corrected chi connectivity index (χ0v) is 10.8. The van der Waals surface area contributed by atoms with Crippen LogP contribution >= 0.6 is 11.3 Å². The lowest BCUT2D eigenvalue weighted by molar-refractivity contribution is 0.0697. The number of carboxylic acid groups (broad SMARTS) is 1. The lowest BCUT2D eigenvalue weighted by Gasteiger charge is -2.00. The second-order valence-electron chi connectivity index (χ2n) is 4.00. The Bertz CT molecular complexity index is 561. The Balaban J connectivity index is 2.17. The summed E-state index contributed by atoms with van der Waals surface area (Å²) in [6.07, 6.45) is 0.767. The summed E-state index contributed by atoms with van der Waals surface area (Å²) >= 11 is 1.61. The van der Waals surface area contributed by atoms with Gasteiger partial charge in [-0.1, -0.05) is 12.1 Å². The van der Waals surface area contributed by atoms with Gasteiger partial charge in [-0.15, -0.1) is 11.3 Å². The number of thiazole rings is 1. The summed E-state index contributed by atoms with van der Waals surface area (Å²) in [6.45, 7) is 2.43. The fraction of sp³-hybridized carbons (Fsp3) is 0.231. The van der Waals surface area contributed by atoms with Crippen LogP contribution in [0.3, 0.4) is 0 Å². The lowest BCUT2D eigenvalue weighted by atomic mass is 10.1. The van der Waals surface area contributed by atoms with Gasteiger partial charge in [-0.3, -0.25) is 0 Å². The van der Waals surface area contributed by atoms with E-state index in [1.54, 1.807) is 23.5 Å². The van der Waals surface area contributed by atoms with Crippen molar-refractivity contribution in [3.63, 3.8) is 0 Å². The third kappa shape index (κ3) is 2.75. The second kappa shape index (κ2) is 5.29. The Morgan fingerprint density at radius 3 is 2.56 bits per heavy atom. The number of hydrogen-bond acceptors (Lipinski definition) is 4. The molecule has 0 saturated carbocycles. The highest BCUT2D eigenvalue weighted by Crippen LogP contribution is 2.21. The molecule has 3 N–H and O–H groups in total. The van der Waals surface area contributed by atoms with E-state index in [2.05, 4.69) is 4.98 Å². The molecule has 0 fully saturated rings. The van der Waals surface area contributed by atoms with Gasteiger partial charge in [0.15, 0.2) is 0 Å². The number of nitrogens with zero attached hydrogens (tertiary/aromatic N) is 1. The maximum atomic E-state index is 10.7. The molecule has 0 radical (unpaired) electrons. The highest BCUT2D eigenvalue weighted by Gasteiger charge is 2.08. The average molecular weight is 262 g/mol. The largest absolute Gasteiger partial charge is 0.478 e. The van der Waals surface area contributed by atoms with Gasteiger partial charge in [0.2, 0.25) is 0 Å². The molecule has 18 heavy (non-hydrogen) atoms. The predicted octanol–water partition coefficient (Wildman–Crippen LogP) is 2.20. The van der Waals surface area contributed by atoms with Gasteiger partial charge in [0.25, 0.3) is 0 Å². The van der Waals surface area contributed by atoms with E-state index in [9.17, 15) is 4.79 Å². The molecule has 0 saturated heterocycles. The van der Waals surface area contributed by atoms with Crippen molar-refractivity contribution in [1.82, 2.24) is 4.98 Å². The summed E-state index contributed by atoms with van der Waals surface area (Å²) in [4.78, 5) is 16.3. The molecule has 1 aromatic heterocycles. The highest BCUT2D eigenvalue weighted by molar-refractivity contribution is 7.11. The van der Waals surface area contributed by atoms with E-state index in [1.807, 2.05) is 19.1 Å². The summed E-state index contributed by atoms with van der Waals surface area (Å²) < 4.78 is 0. The molecule has 0 aliphatic heterocycles. The van der Waals surface area contributed by atoms with Crippen LogP contribution in [0.2, 0.25) is 0 Å². The van der Waals surface area contributed by atoms with Crippen LogP contribution < -0.4 is 5.73 Å². The first-order valence-corrected chi connectivity index (χ1v) is 6.39. The topological polar surface area (TPSA) is 76.2 Å². The molecule has 2 rings (SSSR count). The zero-order chi connectivity index (χ0) is 13.1. The summed E-state index contributed by atoms with van der Waals surface area (Å²) in [7, 11) is 0. The molecule has 4 nitrogen and oxygen atoms in total.